The van der Waals surface area contributed by atoms with Gasteiger partial charge in [0.05, 0.1) is 6.04 Å². The Labute approximate surface area is 139 Å². The summed E-state index contributed by atoms with van der Waals surface area (Å²) in [6.07, 6.45) is 0.691. The molecule has 0 amide bonds. The summed E-state index contributed by atoms with van der Waals surface area (Å²) < 4.78 is 5.63. The van der Waals surface area contributed by atoms with Gasteiger partial charge in [-0.05, 0) is 36.2 Å². The van der Waals surface area contributed by atoms with Crippen LogP contribution >= 0.6 is 11.6 Å². The highest BCUT2D eigenvalue weighted by molar-refractivity contribution is 6.30. The van der Waals surface area contributed by atoms with Crippen LogP contribution in [-0.2, 0) is 13.0 Å². The standard InChI is InChI=1S/C17H17ClN4O/c18-13-6-8-14(9-7-13)23-11-16-20-17(22-21-16)15(19)10-12-4-2-1-3-5-12/h1-9,15H,10-11,19H2,(H,20,21,22)/t15-/m1/s1. The summed E-state index contributed by atoms with van der Waals surface area (Å²) in [6.45, 7) is 0.298. The number of hydrogen-bond acceptors (Lipinski definition) is 4. The van der Waals surface area contributed by atoms with Crippen molar-refractivity contribution in [3.05, 3.63) is 76.8 Å². The fourth-order valence-corrected chi connectivity index (χ4v) is 2.31. The highest BCUT2D eigenvalue weighted by Gasteiger charge is 2.13. The van der Waals surface area contributed by atoms with Crippen molar-refractivity contribution in [3.8, 4) is 5.75 Å². The van der Waals surface area contributed by atoms with Crippen molar-refractivity contribution in [2.75, 3.05) is 0 Å². The van der Waals surface area contributed by atoms with Gasteiger partial charge in [0.15, 0.2) is 11.6 Å². The van der Waals surface area contributed by atoms with Crippen molar-refractivity contribution >= 4 is 11.6 Å². The summed E-state index contributed by atoms with van der Waals surface area (Å²) in [5, 5.41) is 7.71. The quantitative estimate of drug-likeness (QED) is 0.728. The smallest absolute Gasteiger partial charge is 0.167 e. The number of H-pyrrole nitrogens is 1. The Morgan fingerprint density at radius 1 is 1.09 bits per heavy atom. The third kappa shape index (κ3) is 4.31. The zero-order valence-electron chi connectivity index (χ0n) is 12.4. The molecule has 1 aromatic heterocycles. The van der Waals surface area contributed by atoms with Crippen molar-refractivity contribution in [1.82, 2.24) is 15.2 Å². The predicted octanol–water partition coefficient (Wildman–Crippen LogP) is 3.28. The number of benzene rings is 2. The topological polar surface area (TPSA) is 76.8 Å². The largest absolute Gasteiger partial charge is 0.486 e. The van der Waals surface area contributed by atoms with Crippen LogP contribution in [0.25, 0.3) is 0 Å². The molecule has 1 atom stereocenters. The van der Waals surface area contributed by atoms with E-state index in [1.165, 1.54) is 0 Å². The van der Waals surface area contributed by atoms with Gasteiger partial charge in [0.25, 0.3) is 0 Å². The number of rotatable bonds is 6. The van der Waals surface area contributed by atoms with E-state index < -0.39 is 0 Å². The maximum Gasteiger partial charge on any atom is 0.167 e. The number of aromatic nitrogens is 3. The average Bonchev–Trinajstić information content (AvgIpc) is 3.04. The Balaban J connectivity index is 1.58. The highest BCUT2D eigenvalue weighted by Crippen LogP contribution is 2.17. The monoisotopic (exact) mass is 328 g/mol. The van der Waals surface area contributed by atoms with Gasteiger partial charge in [-0.3, -0.25) is 5.10 Å². The normalized spacial score (nSPS) is 12.1. The van der Waals surface area contributed by atoms with Crippen LogP contribution in [0.1, 0.15) is 23.3 Å². The minimum atomic E-state index is -0.252. The van der Waals surface area contributed by atoms with E-state index in [9.17, 15) is 0 Å². The van der Waals surface area contributed by atoms with Gasteiger partial charge >= 0.3 is 0 Å². The van der Waals surface area contributed by atoms with Gasteiger partial charge in [0.2, 0.25) is 0 Å². The van der Waals surface area contributed by atoms with Gasteiger partial charge in [-0.15, -0.1) is 0 Å². The first-order valence-electron chi connectivity index (χ1n) is 7.30. The first kappa shape index (κ1) is 15.5. The summed E-state index contributed by atoms with van der Waals surface area (Å²) in [5.41, 5.74) is 7.32. The van der Waals surface area contributed by atoms with E-state index in [1.807, 2.05) is 30.3 Å². The van der Waals surface area contributed by atoms with Gasteiger partial charge < -0.3 is 10.5 Å². The van der Waals surface area contributed by atoms with Gasteiger partial charge in [0, 0.05) is 5.02 Å². The molecule has 1 heterocycles. The summed E-state index contributed by atoms with van der Waals surface area (Å²) in [6, 6.07) is 17.0. The second-order valence-electron chi connectivity index (χ2n) is 5.18. The molecule has 0 saturated carbocycles. The Bertz CT molecular complexity index is 743. The molecule has 0 aliphatic carbocycles. The SMILES string of the molecule is N[C@H](Cc1ccccc1)c1n[nH]c(COc2ccc(Cl)cc2)n1. The Hall–Kier alpha value is -2.37. The fraction of sp³-hybridized carbons (Fsp3) is 0.176. The Morgan fingerprint density at radius 3 is 2.57 bits per heavy atom. The number of nitrogens with one attached hydrogen (secondary N) is 1. The van der Waals surface area contributed by atoms with E-state index in [2.05, 4.69) is 15.2 Å². The van der Waals surface area contributed by atoms with Crippen LogP contribution in [0.3, 0.4) is 0 Å². The van der Waals surface area contributed by atoms with Gasteiger partial charge in [-0.2, -0.15) is 5.10 Å². The summed E-state index contributed by atoms with van der Waals surface area (Å²) in [7, 11) is 0. The molecule has 5 nitrogen and oxygen atoms in total. The van der Waals surface area contributed by atoms with Crippen LogP contribution in [0.5, 0.6) is 5.75 Å². The zero-order chi connectivity index (χ0) is 16.1. The minimum Gasteiger partial charge on any atom is -0.486 e. The molecule has 6 heteroatoms. The van der Waals surface area contributed by atoms with Gasteiger partial charge in [-0.1, -0.05) is 41.9 Å². The van der Waals surface area contributed by atoms with Crippen molar-refractivity contribution < 1.29 is 4.74 Å². The van der Waals surface area contributed by atoms with Crippen LogP contribution in [0.15, 0.2) is 54.6 Å². The number of aromatic amines is 1. The van der Waals surface area contributed by atoms with E-state index in [0.29, 0.717) is 29.7 Å². The third-order valence-corrected chi connectivity index (χ3v) is 3.62. The van der Waals surface area contributed by atoms with Crippen LogP contribution in [0, 0.1) is 0 Å². The fourth-order valence-electron chi connectivity index (χ4n) is 2.18. The summed E-state index contributed by atoms with van der Waals surface area (Å²) in [5.74, 6) is 1.95. The molecule has 0 unspecified atom stereocenters. The second-order valence-corrected chi connectivity index (χ2v) is 5.62. The molecule has 3 aromatic rings. The van der Waals surface area contributed by atoms with E-state index in [0.717, 1.165) is 11.3 Å². The lowest BCUT2D eigenvalue weighted by atomic mass is 10.1. The molecule has 0 fully saturated rings. The summed E-state index contributed by atoms with van der Waals surface area (Å²) >= 11 is 5.84. The summed E-state index contributed by atoms with van der Waals surface area (Å²) in [4.78, 5) is 4.40. The van der Waals surface area contributed by atoms with E-state index in [1.54, 1.807) is 24.3 Å². The average molecular weight is 329 g/mol. The minimum absolute atomic E-state index is 0.252. The van der Waals surface area contributed by atoms with E-state index >= 15 is 0 Å². The molecule has 3 N–H and O–H groups in total. The lowest BCUT2D eigenvalue weighted by molar-refractivity contribution is 0.296. The molecule has 0 bridgehead atoms. The Kier molecular flexibility index (Phi) is 4.90. The van der Waals surface area contributed by atoms with Crippen molar-refractivity contribution in [2.24, 2.45) is 5.73 Å². The molecule has 0 spiro atoms. The van der Waals surface area contributed by atoms with Crippen molar-refractivity contribution in [2.45, 2.75) is 19.1 Å². The molecular formula is C17H17ClN4O. The van der Waals surface area contributed by atoms with Crippen LogP contribution in [0.4, 0.5) is 0 Å². The molecule has 0 radical (unpaired) electrons. The predicted molar refractivity (Wildman–Crippen MR) is 89.2 cm³/mol. The van der Waals surface area contributed by atoms with Crippen LogP contribution in [-0.4, -0.2) is 15.2 Å². The molecule has 2 aromatic carbocycles. The number of nitrogens with zero attached hydrogens (tertiary/aromatic N) is 2. The highest BCUT2D eigenvalue weighted by atomic mass is 35.5. The van der Waals surface area contributed by atoms with Crippen molar-refractivity contribution in [3.63, 3.8) is 0 Å². The molecule has 23 heavy (non-hydrogen) atoms. The van der Waals surface area contributed by atoms with Gasteiger partial charge in [0.1, 0.15) is 12.4 Å². The van der Waals surface area contributed by atoms with E-state index in [4.69, 9.17) is 22.1 Å². The Morgan fingerprint density at radius 2 is 1.83 bits per heavy atom. The number of halogens is 1. The maximum absolute atomic E-state index is 6.16. The number of nitrogens with two attached hydrogens (primary N) is 1. The number of hydrogen-bond donors (Lipinski definition) is 2. The van der Waals surface area contributed by atoms with Crippen molar-refractivity contribution in [1.29, 1.82) is 0 Å². The molecule has 0 aliphatic rings. The molecular weight excluding hydrogens is 312 g/mol. The molecule has 0 saturated heterocycles. The van der Waals surface area contributed by atoms with E-state index in [-0.39, 0.29) is 6.04 Å². The zero-order valence-corrected chi connectivity index (χ0v) is 13.2. The second kappa shape index (κ2) is 7.26. The number of ether oxygens (including phenoxy) is 1. The first-order chi connectivity index (χ1) is 11.2. The first-order valence-corrected chi connectivity index (χ1v) is 7.67. The van der Waals surface area contributed by atoms with Gasteiger partial charge in [-0.25, -0.2) is 4.98 Å². The van der Waals surface area contributed by atoms with Crippen LogP contribution in [0.2, 0.25) is 5.02 Å². The lowest BCUT2D eigenvalue weighted by Crippen LogP contribution is -2.15. The third-order valence-electron chi connectivity index (χ3n) is 3.37. The lowest BCUT2D eigenvalue weighted by Gasteiger charge is -2.07. The maximum atomic E-state index is 6.16. The van der Waals surface area contributed by atoms with Crippen LogP contribution < -0.4 is 10.5 Å². The molecule has 0 aliphatic heterocycles. The molecule has 3 rings (SSSR count). The molecule has 118 valence electrons.